The van der Waals surface area contributed by atoms with Crippen molar-refractivity contribution in [2.45, 2.75) is 55.6 Å². The highest BCUT2D eigenvalue weighted by atomic mass is 32.2. The van der Waals surface area contributed by atoms with Crippen molar-refractivity contribution in [2.24, 2.45) is 11.1 Å². The van der Waals surface area contributed by atoms with Gasteiger partial charge in [0, 0.05) is 12.5 Å². The van der Waals surface area contributed by atoms with Gasteiger partial charge in [-0.05, 0) is 43.4 Å². The molecular weight excluding hydrogens is 357 g/mol. The Balaban J connectivity index is 1.82. The summed E-state index contributed by atoms with van der Waals surface area (Å²) in [6.45, 7) is 0. The molecule has 1 aromatic rings. The lowest BCUT2D eigenvalue weighted by Gasteiger charge is -2.31. The van der Waals surface area contributed by atoms with Gasteiger partial charge in [0.25, 0.3) is 0 Å². The molecule has 0 unspecified atom stereocenters. The fourth-order valence-corrected chi connectivity index (χ4v) is 3.54. The van der Waals surface area contributed by atoms with E-state index in [2.05, 4.69) is 5.32 Å². The number of primary sulfonamides is 1. The number of rotatable bonds is 5. The second kappa shape index (κ2) is 7.74. The topological polar surface area (TPSA) is 89.3 Å². The van der Waals surface area contributed by atoms with Gasteiger partial charge in [-0.15, -0.1) is 0 Å². The predicted molar refractivity (Wildman–Crippen MR) is 86.1 cm³/mol. The number of halogens is 3. The number of hydrogen-bond acceptors (Lipinski definition) is 3. The van der Waals surface area contributed by atoms with Crippen molar-refractivity contribution in [3.05, 3.63) is 29.8 Å². The number of amides is 1. The van der Waals surface area contributed by atoms with Gasteiger partial charge in [-0.1, -0.05) is 18.6 Å². The fraction of sp³-hybridized carbons (Fsp3) is 0.562. The Morgan fingerprint density at radius 3 is 2.40 bits per heavy atom. The van der Waals surface area contributed by atoms with Crippen LogP contribution in [0.25, 0.3) is 0 Å². The number of carbonyl (C=O) groups excluding carboxylic acids is 1. The maximum atomic E-state index is 12.8. The third kappa shape index (κ3) is 6.00. The third-order valence-corrected chi connectivity index (χ3v) is 5.32. The second-order valence-corrected chi connectivity index (χ2v) is 7.92. The standard InChI is InChI=1S/C16H21F3N2O3S/c17-16(18,19)12-2-1-3-13(10-12)21-15(22)9-6-11-4-7-14(8-5-11)25(20,23)24/h4-5,7-8,12-13H,1-3,6,9-10H2,(H,21,22)(H2,20,23,24)/t12-,13-/m0/s1. The lowest BCUT2D eigenvalue weighted by molar-refractivity contribution is -0.184. The summed E-state index contributed by atoms with van der Waals surface area (Å²) in [4.78, 5) is 11.9. The summed E-state index contributed by atoms with van der Waals surface area (Å²) >= 11 is 0. The van der Waals surface area contributed by atoms with Crippen molar-refractivity contribution >= 4 is 15.9 Å². The van der Waals surface area contributed by atoms with Crippen LogP contribution in [0, 0.1) is 5.92 Å². The van der Waals surface area contributed by atoms with E-state index in [1.54, 1.807) is 12.1 Å². The molecule has 0 aromatic heterocycles. The molecule has 2 atom stereocenters. The summed E-state index contributed by atoms with van der Waals surface area (Å²) in [5.41, 5.74) is 0.749. The third-order valence-electron chi connectivity index (χ3n) is 4.39. The van der Waals surface area contributed by atoms with Crippen LogP contribution >= 0.6 is 0 Å². The molecule has 5 nitrogen and oxygen atoms in total. The Labute approximate surface area is 144 Å². The number of nitrogens with two attached hydrogens (primary N) is 1. The van der Waals surface area contributed by atoms with Crippen LogP contribution in [0.15, 0.2) is 29.2 Å². The fourth-order valence-electron chi connectivity index (χ4n) is 3.02. The highest BCUT2D eigenvalue weighted by Gasteiger charge is 2.42. The quantitative estimate of drug-likeness (QED) is 0.825. The van der Waals surface area contributed by atoms with Gasteiger partial charge in [0.1, 0.15) is 0 Å². The summed E-state index contributed by atoms with van der Waals surface area (Å²) in [6, 6.07) is 5.40. The van der Waals surface area contributed by atoms with Crippen LogP contribution in [0.2, 0.25) is 0 Å². The van der Waals surface area contributed by atoms with E-state index in [4.69, 9.17) is 5.14 Å². The number of benzene rings is 1. The Bertz CT molecular complexity index is 702. The smallest absolute Gasteiger partial charge is 0.353 e. The van der Waals surface area contributed by atoms with E-state index in [-0.39, 0.29) is 30.1 Å². The molecular formula is C16H21F3N2O3S. The predicted octanol–water partition coefficient (Wildman–Crippen LogP) is 2.50. The molecule has 2 rings (SSSR count). The van der Waals surface area contributed by atoms with E-state index in [9.17, 15) is 26.4 Å². The molecule has 3 N–H and O–H groups in total. The number of hydrogen-bond donors (Lipinski definition) is 2. The highest BCUT2D eigenvalue weighted by molar-refractivity contribution is 7.89. The van der Waals surface area contributed by atoms with E-state index in [1.165, 1.54) is 12.1 Å². The lowest BCUT2D eigenvalue weighted by atomic mass is 9.85. The minimum atomic E-state index is -4.21. The van der Waals surface area contributed by atoms with Gasteiger partial charge in [0.2, 0.25) is 15.9 Å². The van der Waals surface area contributed by atoms with Crippen LogP contribution in [-0.4, -0.2) is 26.5 Å². The summed E-state index contributed by atoms with van der Waals surface area (Å²) in [5, 5.41) is 7.67. The largest absolute Gasteiger partial charge is 0.391 e. The van der Waals surface area contributed by atoms with Crippen LogP contribution in [0.5, 0.6) is 0 Å². The average molecular weight is 378 g/mol. The van der Waals surface area contributed by atoms with Crippen molar-refractivity contribution in [1.82, 2.24) is 5.32 Å². The van der Waals surface area contributed by atoms with Crippen molar-refractivity contribution in [3.8, 4) is 0 Å². The first kappa shape index (κ1) is 19.7. The van der Waals surface area contributed by atoms with E-state index in [0.717, 1.165) is 5.56 Å². The van der Waals surface area contributed by atoms with Gasteiger partial charge in [0.15, 0.2) is 0 Å². The monoisotopic (exact) mass is 378 g/mol. The van der Waals surface area contributed by atoms with Crippen LogP contribution in [0.3, 0.4) is 0 Å². The molecule has 1 saturated carbocycles. The first-order chi connectivity index (χ1) is 11.6. The molecule has 1 fully saturated rings. The lowest BCUT2D eigenvalue weighted by Crippen LogP contribution is -2.41. The molecule has 0 aliphatic heterocycles. The molecule has 0 heterocycles. The minimum Gasteiger partial charge on any atom is -0.353 e. The number of alkyl halides is 3. The van der Waals surface area contributed by atoms with Crippen LogP contribution in [0.4, 0.5) is 13.2 Å². The average Bonchev–Trinajstić information content (AvgIpc) is 2.52. The summed E-state index contributed by atoms with van der Waals surface area (Å²) < 4.78 is 60.6. The molecule has 1 aromatic carbocycles. The molecule has 140 valence electrons. The molecule has 9 heteroatoms. The number of sulfonamides is 1. The molecule has 1 aliphatic carbocycles. The molecule has 0 spiro atoms. The Hall–Kier alpha value is -1.61. The van der Waals surface area contributed by atoms with Gasteiger partial charge >= 0.3 is 6.18 Å². The van der Waals surface area contributed by atoms with Crippen LogP contribution in [-0.2, 0) is 21.2 Å². The van der Waals surface area contributed by atoms with Crippen molar-refractivity contribution in [3.63, 3.8) is 0 Å². The molecule has 0 saturated heterocycles. The molecule has 1 amide bonds. The highest BCUT2D eigenvalue weighted by Crippen LogP contribution is 2.37. The summed E-state index contributed by atoms with van der Waals surface area (Å²) in [5.74, 6) is -1.65. The first-order valence-electron chi connectivity index (χ1n) is 8.03. The Morgan fingerprint density at radius 2 is 1.84 bits per heavy atom. The normalized spacial score (nSPS) is 21.8. The maximum Gasteiger partial charge on any atom is 0.391 e. The van der Waals surface area contributed by atoms with Gasteiger partial charge in [-0.25, -0.2) is 13.6 Å². The zero-order valence-corrected chi connectivity index (χ0v) is 14.4. The van der Waals surface area contributed by atoms with Crippen molar-refractivity contribution in [2.75, 3.05) is 0 Å². The zero-order chi connectivity index (χ0) is 18.7. The second-order valence-electron chi connectivity index (χ2n) is 6.36. The number of aryl methyl sites for hydroxylation is 1. The van der Waals surface area contributed by atoms with Crippen LogP contribution < -0.4 is 10.5 Å². The molecule has 0 bridgehead atoms. The minimum absolute atomic E-state index is 0.0129. The summed E-state index contributed by atoms with van der Waals surface area (Å²) in [6.07, 6.45) is -2.67. The molecule has 0 radical (unpaired) electrons. The van der Waals surface area contributed by atoms with E-state index >= 15 is 0 Å². The van der Waals surface area contributed by atoms with E-state index < -0.39 is 28.2 Å². The van der Waals surface area contributed by atoms with Crippen molar-refractivity contribution in [1.29, 1.82) is 0 Å². The van der Waals surface area contributed by atoms with Crippen LogP contribution in [0.1, 0.15) is 37.7 Å². The molecule has 25 heavy (non-hydrogen) atoms. The van der Waals surface area contributed by atoms with E-state index in [0.29, 0.717) is 19.3 Å². The number of carbonyl (C=O) groups is 1. The molecule has 1 aliphatic rings. The first-order valence-corrected chi connectivity index (χ1v) is 9.58. The SMILES string of the molecule is NS(=O)(=O)c1ccc(CCC(=O)N[C@H]2CCC[C@H](C(F)(F)F)C2)cc1. The zero-order valence-electron chi connectivity index (χ0n) is 13.6. The van der Waals surface area contributed by atoms with Gasteiger partial charge < -0.3 is 5.32 Å². The number of nitrogens with one attached hydrogen (secondary N) is 1. The Morgan fingerprint density at radius 1 is 1.20 bits per heavy atom. The maximum absolute atomic E-state index is 12.8. The van der Waals surface area contributed by atoms with Gasteiger partial charge in [0.05, 0.1) is 10.8 Å². The van der Waals surface area contributed by atoms with Crippen molar-refractivity contribution < 1.29 is 26.4 Å². The van der Waals surface area contributed by atoms with Gasteiger partial charge in [-0.2, -0.15) is 13.2 Å². The van der Waals surface area contributed by atoms with E-state index in [1.807, 2.05) is 0 Å². The van der Waals surface area contributed by atoms with Gasteiger partial charge in [-0.3, -0.25) is 4.79 Å². The Kier molecular flexibility index (Phi) is 6.10. The summed E-state index contributed by atoms with van der Waals surface area (Å²) in [7, 11) is -3.76.